The van der Waals surface area contributed by atoms with Gasteiger partial charge in [0.25, 0.3) is 0 Å². The van der Waals surface area contributed by atoms with Crippen molar-refractivity contribution < 1.29 is 23.6 Å². The van der Waals surface area contributed by atoms with Crippen LogP contribution in [-0.2, 0) is 20.9 Å². The normalized spacial score (nSPS) is 29.4. The van der Waals surface area contributed by atoms with Crippen molar-refractivity contribution in [2.45, 2.75) is 25.2 Å². The minimum absolute atomic E-state index is 0.158. The molecule has 0 saturated carbocycles. The Labute approximate surface area is 167 Å². The number of hydrogen-bond donors (Lipinski definition) is 1. The number of fused-ring (bicyclic) bond motifs is 1. The van der Waals surface area contributed by atoms with Crippen molar-refractivity contribution in [3.63, 3.8) is 0 Å². The molecule has 8 nitrogen and oxygen atoms in total. The van der Waals surface area contributed by atoms with Crippen LogP contribution in [0.5, 0.6) is 5.75 Å². The number of methoxy groups -OCH3 is 1. The number of aromatic nitrogens is 1. The summed E-state index contributed by atoms with van der Waals surface area (Å²) in [6.07, 6.45) is 3.42. The predicted octanol–water partition coefficient (Wildman–Crippen LogP) is 1.59. The van der Waals surface area contributed by atoms with Gasteiger partial charge in [0.2, 0.25) is 11.8 Å². The molecule has 8 heteroatoms. The van der Waals surface area contributed by atoms with E-state index in [1.54, 1.807) is 25.0 Å². The van der Waals surface area contributed by atoms with Crippen LogP contribution in [0.4, 0.5) is 5.82 Å². The molecule has 1 spiro atoms. The van der Waals surface area contributed by atoms with Gasteiger partial charge in [-0.25, -0.2) is 0 Å². The van der Waals surface area contributed by atoms with Gasteiger partial charge in [-0.1, -0.05) is 29.4 Å². The molecule has 1 aromatic heterocycles. The Balaban J connectivity index is 1.33. The molecule has 5 rings (SSSR count). The van der Waals surface area contributed by atoms with E-state index in [1.165, 1.54) is 0 Å². The number of hydrogen-bond acceptors (Lipinski definition) is 6. The second kappa shape index (κ2) is 6.45. The maximum atomic E-state index is 13.2. The summed E-state index contributed by atoms with van der Waals surface area (Å²) in [5.41, 5.74) is 0.169. The van der Waals surface area contributed by atoms with Crippen molar-refractivity contribution in [3.8, 4) is 5.75 Å². The van der Waals surface area contributed by atoms with Crippen LogP contribution in [0.15, 0.2) is 47.0 Å². The maximum Gasteiger partial charge on any atom is 0.235 e. The highest BCUT2D eigenvalue weighted by Crippen LogP contribution is 2.52. The monoisotopic (exact) mass is 395 g/mol. The summed E-state index contributed by atoms with van der Waals surface area (Å²) in [6, 6.07) is 9.20. The van der Waals surface area contributed by atoms with E-state index >= 15 is 0 Å². The van der Waals surface area contributed by atoms with E-state index in [9.17, 15) is 9.59 Å². The molecule has 150 valence electrons. The standard InChI is InChI=1S/C21H21N3O5/c1-12-9-16(23-29-12)24-11-21-8-7-15(28-21)17(18(21)20(24)26)19(25)22-10-13-3-5-14(27-2)6-4-13/h3-9,15,17-18H,10-11H2,1-2H3,(H,22,25)/t15-,17+,18-,21-/m1/s1. The van der Waals surface area contributed by atoms with Gasteiger partial charge in [0, 0.05) is 12.6 Å². The molecule has 0 unspecified atom stereocenters. The zero-order valence-electron chi connectivity index (χ0n) is 16.1. The fraction of sp³-hybridized carbons (Fsp3) is 0.381. The van der Waals surface area contributed by atoms with Crippen molar-refractivity contribution in [3.05, 3.63) is 53.8 Å². The van der Waals surface area contributed by atoms with Crippen LogP contribution in [0.3, 0.4) is 0 Å². The second-order valence-electron chi connectivity index (χ2n) is 7.69. The van der Waals surface area contributed by atoms with Crippen molar-refractivity contribution >= 4 is 17.6 Å². The van der Waals surface area contributed by atoms with Crippen LogP contribution >= 0.6 is 0 Å². The Hall–Kier alpha value is -3.13. The topological polar surface area (TPSA) is 93.9 Å². The van der Waals surface area contributed by atoms with Crippen LogP contribution in [0.25, 0.3) is 0 Å². The highest BCUT2D eigenvalue weighted by molar-refractivity contribution is 6.02. The summed E-state index contributed by atoms with van der Waals surface area (Å²) in [4.78, 5) is 27.7. The number of aryl methyl sites for hydroxylation is 1. The lowest BCUT2D eigenvalue weighted by Gasteiger charge is -2.23. The molecule has 2 saturated heterocycles. The van der Waals surface area contributed by atoms with Gasteiger partial charge in [0.15, 0.2) is 5.82 Å². The van der Waals surface area contributed by atoms with Gasteiger partial charge in [-0.2, -0.15) is 0 Å². The summed E-state index contributed by atoms with van der Waals surface area (Å²) >= 11 is 0. The Morgan fingerprint density at radius 1 is 1.38 bits per heavy atom. The van der Waals surface area contributed by atoms with Crippen molar-refractivity contribution in [1.29, 1.82) is 0 Å². The highest BCUT2D eigenvalue weighted by atomic mass is 16.5. The van der Waals surface area contributed by atoms with Crippen molar-refractivity contribution in [2.24, 2.45) is 11.8 Å². The number of anilines is 1. The summed E-state index contributed by atoms with van der Waals surface area (Å²) < 4.78 is 16.4. The van der Waals surface area contributed by atoms with E-state index < -0.39 is 17.4 Å². The molecule has 2 fully saturated rings. The van der Waals surface area contributed by atoms with E-state index in [1.807, 2.05) is 36.4 Å². The fourth-order valence-electron chi connectivity index (χ4n) is 4.52. The Bertz CT molecular complexity index is 998. The average molecular weight is 395 g/mol. The van der Waals surface area contributed by atoms with E-state index in [2.05, 4.69) is 10.5 Å². The molecule has 4 atom stereocenters. The minimum Gasteiger partial charge on any atom is -0.497 e. The number of carbonyl (C=O) groups is 2. The zero-order chi connectivity index (χ0) is 20.2. The molecule has 29 heavy (non-hydrogen) atoms. The lowest BCUT2D eigenvalue weighted by Crippen LogP contribution is -2.44. The third kappa shape index (κ3) is 2.74. The number of rotatable bonds is 5. The average Bonchev–Trinajstić information content (AvgIpc) is 3.47. The van der Waals surface area contributed by atoms with Gasteiger partial charge in [0.1, 0.15) is 17.1 Å². The fourth-order valence-corrected chi connectivity index (χ4v) is 4.52. The lowest BCUT2D eigenvalue weighted by atomic mass is 9.77. The van der Waals surface area contributed by atoms with E-state index in [0.717, 1.165) is 11.3 Å². The van der Waals surface area contributed by atoms with Crippen LogP contribution < -0.4 is 15.0 Å². The molecule has 2 aromatic rings. The van der Waals surface area contributed by atoms with Crippen LogP contribution in [0, 0.1) is 18.8 Å². The molecule has 4 heterocycles. The third-order valence-corrected chi connectivity index (χ3v) is 5.92. The summed E-state index contributed by atoms with van der Waals surface area (Å²) in [5.74, 6) is 0.358. The third-order valence-electron chi connectivity index (χ3n) is 5.92. The molecular weight excluding hydrogens is 374 g/mol. The lowest BCUT2D eigenvalue weighted by molar-refractivity contribution is -0.132. The largest absolute Gasteiger partial charge is 0.497 e. The quantitative estimate of drug-likeness (QED) is 0.773. The van der Waals surface area contributed by atoms with E-state index in [4.69, 9.17) is 14.0 Å². The van der Waals surface area contributed by atoms with Gasteiger partial charge < -0.3 is 19.3 Å². The molecule has 1 aromatic carbocycles. The number of carbonyl (C=O) groups excluding carboxylic acids is 2. The number of amides is 2. The summed E-state index contributed by atoms with van der Waals surface area (Å²) in [7, 11) is 1.61. The van der Waals surface area contributed by atoms with Crippen LogP contribution in [0.1, 0.15) is 11.3 Å². The van der Waals surface area contributed by atoms with Gasteiger partial charge in [0.05, 0.1) is 31.6 Å². The van der Waals surface area contributed by atoms with E-state index in [0.29, 0.717) is 24.7 Å². The second-order valence-corrected chi connectivity index (χ2v) is 7.69. The first kappa shape index (κ1) is 17.9. The van der Waals surface area contributed by atoms with Crippen molar-refractivity contribution in [2.75, 3.05) is 18.6 Å². The maximum absolute atomic E-state index is 13.2. The Morgan fingerprint density at radius 3 is 2.86 bits per heavy atom. The molecular formula is C21H21N3O5. The van der Waals surface area contributed by atoms with Gasteiger partial charge in [-0.3, -0.25) is 14.5 Å². The SMILES string of the molecule is COc1ccc(CNC(=O)[C@H]2[C@H]3C=C[C@]4(CN(c5cc(C)on5)C(=O)[C@@H]24)O3)cc1. The Morgan fingerprint density at radius 2 is 2.17 bits per heavy atom. The number of nitrogens with zero attached hydrogens (tertiary/aromatic N) is 2. The van der Waals surface area contributed by atoms with Crippen LogP contribution in [-0.4, -0.2) is 42.3 Å². The van der Waals surface area contributed by atoms with Gasteiger partial charge in [-0.05, 0) is 24.6 Å². The number of nitrogens with one attached hydrogen (secondary N) is 1. The molecule has 0 radical (unpaired) electrons. The first-order valence-corrected chi connectivity index (χ1v) is 9.53. The smallest absolute Gasteiger partial charge is 0.235 e. The first-order chi connectivity index (χ1) is 14.0. The Kier molecular flexibility index (Phi) is 3.99. The summed E-state index contributed by atoms with van der Waals surface area (Å²) in [5, 5.41) is 6.91. The van der Waals surface area contributed by atoms with Crippen LogP contribution in [0.2, 0.25) is 0 Å². The molecule has 0 aliphatic carbocycles. The number of benzene rings is 1. The van der Waals surface area contributed by atoms with E-state index in [-0.39, 0.29) is 17.9 Å². The van der Waals surface area contributed by atoms with Crippen molar-refractivity contribution in [1.82, 2.24) is 10.5 Å². The predicted molar refractivity (Wildman–Crippen MR) is 102 cm³/mol. The van der Waals surface area contributed by atoms with Gasteiger partial charge >= 0.3 is 0 Å². The summed E-state index contributed by atoms with van der Waals surface area (Å²) in [6.45, 7) is 2.47. The minimum atomic E-state index is -0.781. The molecule has 1 N–H and O–H groups in total. The number of ether oxygens (including phenoxy) is 2. The molecule has 3 aliphatic heterocycles. The zero-order valence-corrected chi connectivity index (χ0v) is 16.1. The molecule has 2 bridgehead atoms. The molecule has 3 aliphatic rings. The highest BCUT2D eigenvalue weighted by Gasteiger charge is 2.67. The molecule has 2 amide bonds. The first-order valence-electron chi connectivity index (χ1n) is 9.53. The van der Waals surface area contributed by atoms with Gasteiger partial charge in [-0.15, -0.1) is 0 Å².